The smallest absolute Gasteiger partial charge is 0.270 e. The summed E-state index contributed by atoms with van der Waals surface area (Å²) < 4.78 is 1.41. The van der Waals surface area contributed by atoms with Crippen molar-refractivity contribution in [3.63, 3.8) is 0 Å². The van der Waals surface area contributed by atoms with Gasteiger partial charge in [-0.05, 0) is 36.4 Å². The lowest BCUT2D eigenvalue weighted by Crippen LogP contribution is -2.32. The minimum Gasteiger partial charge on any atom is -0.351 e. The predicted octanol–water partition coefficient (Wildman–Crippen LogP) is 2.04. The van der Waals surface area contributed by atoms with E-state index >= 15 is 0 Å². The summed E-state index contributed by atoms with van der Waals surface area (Å²) in [6.07, 6.45) is 3.78. The first kappa shape index (κ1) is 14.5. The number of carbonyl (C=O) groups excluding carboxylic acids is 1. The van der Waals surface area contributed by atoms with Gasteiger partial charge in [0.25, 0.3) is 11.5 Å². The summed E-state index contributed by atoms with van der Waals surface area (Å²) in [7, 11) is 0. The SMILES string of the molecule is Cc1ccc2ncc(C(=O)NCCc3cccs3)c(=O)n2c1. The van der Waals surface area contributed by atoms with Gasteiger partial charge < -0.3 is 5.32 Å². The van der Waals surface area contributed by atoms with Crippen molar-refractivity contribution in [2.24, 2.45) is 0 Å². The van der Waals surface area contributed by atoms with E-state index in [9.17, 15) is 9.59 Å². The van der Waals surface area contributed by atoms with E-state index in [-0.39, 0.29) is 17.0 Å². The minimum absolute atomic E-state index is 0.0641. The Morgan fingerprint density at radius 1 is 1.36 bits per heavy atom. The Balaban J connectivity index is 1.79. The molecule has 0 saturated carbocycles. The van der Waals surface area contributed by atoms with Crippen LogP contribution in [0.3, 0.4) is 0 Å². The molecule has 3 aromatic rings. The Kier molecular flexibility index (Phi) is 4.02. The second-order valence-corrected chi connectivity index (χ2v) is 6.03. The van der Waals surface area contributed by atoms with Gasteiger partial charge in [0.05, 0.1) is 0 Å². The van der Waals surface area contributed by atoms with E-state index in [1.807, 2.05) is 30.5 Å². The molecule has 0 atom stereocenters. The van der Waals surface area contributed by atoms with Crippen LogP contribution in [0.4, 0.5) is 0 Å². The summed E-state index contributed by atoms with van der Waals surface area (Å²) >= 11 is 1.65. The number of thiophene rings is 1. The van der Waals surface area contributed by atoms with E-state index in [0.29, 0.717) is 12.2 Å². The fourth-order valence-electron chi connectivity index (χ4n) is 2.19. The third-order valence-corrected chi connectivity index (χ3v) is 4.27. The van der Waals surface area contributed by atoms with Gasteiger partial charge in [0.2, 0.25) is 0 Å². The number of fused-ring (bicyclic) bond motifs is 1. The van der Waals surface area contributed by atoms with Crippen molar-refractivity contribution in [2.45, 2.75) is 13.3 Å². The van der Waals surface area contributed by atoms with Gasteiger partial charge in [-0.25, -0.2) is 4.98 Å². The Hall–Kier alpha value is -2.47. The van der Waals surface area contributed by atoms with Crippen LogP contribution in [0.25, 0.3) is 5.65 Å². The van der Waals surface area contributed by atoms with Crippen molar-refractivity contribution in [3.8, 4) is 0 Å². The van der Waals surface area contributed by atoms with Crippen LogP contribution in [-0.2, 0) is 6.42 Å². The van der Waals surface area contributed by atoms with Gasteiger partial charge in [-0.15, -0.1) is 11.3 Å². The number of amides is 1. The zero-order valence-electron chi connectivity index (χ0n) is 12.1. The van der Waals surface area contributed by atoms with Crippen LogP contribution in [-0.4, -0.2) is 21.8 Å². The number of hydrogen-bond donors (Lipinski definition) is 1. The van der Waals surface area contributed by atoms with E-state index in [1.165, 1.54) is 15.5 Å². The van der Waals surface area contributed by atoms with Crippen LogP contribution in [0.5, 0.6) is 0 Å². The van der Waals surface area contributed by atoms with E-state index in [0.717, 1.165) is 12.0 Å². The molecule has 0 bridgehead atoms. The standard InChI is InChI=1S/C16H15N3O2S/c1-11-4-5-14-18-9-13(16(21)19(14)10-11)15(20)17-7-6-12-3-2-8-22-12/h2-5,8-10H,6-7H2,1H3,(H,17,20). The van der Waals surface area contributed by atoms with Crippen LogP contribution >= 0.6 is 11.3 Å². The van der Waals surface area contributed by atoms with Crippen molar-refractivity contribution in [3.05, 3.63) is 68.4 Å². The van der Waals surface area contributed by atoms with Crippen molar-refractivity contribution in [1.82, 2.24) is 14.7 Å². The minimum atomic E-state index is -0.384. The quantitative estimate of drug-likeness (QED) is 0.801. The van der Waals surface area contributed by atoms with Crippen LogP contribution < -0.4 is 10.9 Å². The number of hydrogen-bond acceptors (Lipinski definition) is 4. The molecule has 0 aromatic carbocycles. The molecule has 5 nitrogen and oxygen atoms in total. The average molecular weight is 313 g/mol. The number of aryl methyl sites for hydroxylation is 1. The molecule has 0 aliphatic heterocycles. The molecule has 1 N–H and O–H groups in total. The molecule has 1 amide bonds. The summed E-state index contributed by atoms with van der Waals surface area (Å²) in [6, 6.07) is 7.63. The molecule has 0 saturated heterocycles. The molecule has 0 aliphatic carbocycles. The molecule has 3 heterocycles. The maximum absolute atomic E-state index is 12.4. The van der Waals surface area contributed by atoms with Gasteiger partial charge in [0.15, 0.2) is 0 Å². The summed E-state index contributed by atoms with van der Waals surface area (Å²) in [5.41, 5.74) is 1.19. The largest absolute Gasteiger partial charge is 0.351 e. The van der Waals surface area contributed by atoms with Crippen LogP contribution in [0.2, 0.25) is 0 Å². The second kappa shape index (κ2) is 6.11. The molecule has 0 radical (unpaired) electrons. The van der Waals surface area contributed by atoms with Crippen molar-refractivity contribution in [1.29, 1.82) is 0 Å². The molecule has 3 aromatic heterocycles. The Morgan fingerprint density at radius 3 is 3.00 bits per heavy atom. The van der Waals surface area contributed by atoms with Crippen LogP contribution in [0, 0.1) is 6.92 Å². The fraction of sp³-hybridized carbons (Fsp3) is 0.188. The van der Waals surface area contributed by atoms with Gasteiger partial charge in [-0.2, -0.15) is 0 Å². The predicted molar refractivity (Wildman–Crippen MR) is 86.6 cm³/mol. The number of rotatable bonds is 4. The molecular formula is C16H15N3O2S. The van der Waals surface area contributed by atoms with Crippen LogP contribution in [0.1, 0.15) is 20.8 Å². The number of aromatic nitrogens is 2. The maximum atomic E-state index is 12.4. The van der Waals surface area contributed by atoms with Gasteiger partial charge in [-0.1, -0.05) is 12.1 Å². The van der Waals surface area contributed by atoms with Crippen LogP contribution in [0.15, 0.2) is 46.8 Å². The highest BCUT2D eigenvalue weighted by atomic mass is 32.1. The highest BCUT2D eigenvalue weighted by Crippen LogP contribution is 2.08. The third-order valence-electron chi connectivity index (χ3n) is 3.33. The third kappa shape index (κ3) is 2.92. The van der Waals surface area contributed by atoms with Crippen molar-refractivity contribution < 1.29 is 4.79 Å². The number of nitrogens with one attached hydrogen (secondary N) is 1. The van der Waals surface area contributed by atoms with E-state index in [2.05, 4.69) is 10.3 Å². The lowest BCUT2D eigenvalue weighted by atomic mass is 10.2. The Labute approximate surface area is 131 Å². The Bertz CT molecular complexity index is 869. The first-order chi connectivity index (χ1) is 10.6. The van der Waals surface area contributed by atoms with Gasteiger partial charge >= 0.3 is 0 Å². The highest BCUT2D eigenvalue weighted by Gasteiger charge is 2.12. The summed E-state index contributed by atoms with van der Waals surface area (Å²) in [5.74, 6) is -0.384. The molecule has 0 unspecified atom stereocenters. The molecular weight excluding hydrogens is 298 g/mol. The summed E-state index contributed by atoms with van der Waals surface area (Å²) in [5, 5.41) is 4.77. The maximum Gasteiger partial charge on any atom is 0.270 e. The topological polar surface area (TPSA) is 63.5 Å². The van der Waals surface area contributed by atoms with Crippen molar-refractivity contribution >= 4 is 22.9 Å². The number of nitrogens with zero attached hydrogens (tertiary/aromatic N) is 2. The molecule has 112 valence electrons. The lowest BCUT2D eigenvalue weighted by Gasteiger charge is -2.06. The van der Waals surface area contributed by atoms with Gasteiger partial charge in [0.1, 0.15) is 11.2 Å². The molecule has 0 spiro atoms. The molecule has 6 heteroatoms. The number of carbonyl (C=O) groups is 1. The zero-order chi connectivity index (χ0) is 15.5. The normalized spacial score (nSPS) is 10.8. The van der Waals surface area contributed by atoms with Gasteiger partial charge in [0, 0.05) is 23.8 Å². The zero-order valence-corrected chi connectivity index (χ0v) is 12.9. The van der Waals surface area contributed by atoms with Gasteiger partial charge in [-0.3, -0.25) is 14.0 Å². The van der Waals surface area contributed by atoms with E-state index in [4.69, 9.17) is 0 Å². The number of pyridine rings is 1. The monoisotopic (exact) mass is 313 g/mol. The van der Waals surface area contributed by atoms with Crippen molar-refractivity contribution in [2.75, 3.05) is 6.54 Å². The van der Waals surface area contributed by atoms with E-state index < -0.39 is 0 Å². The molecule has 0 aliphatic rings. The Morgan fingerprint density at radius 2 is 2.23 bits per heavy atom. The average Bonchev–Trinajstić information content (AvgIpc) is 3.01. The summed E-state index contributed by atoms with van der Waals surface area (Å²) in [6.45, 7) is 2.38. The first-order valence-electron chi connectivity index (χ1n) is 6.94. The lowest BCUT2D eigenvalue weighted by molar-refractivity contribution is 0.0952. The fourth-order valence-corrected chi connectivity index (χ4v) is 2.90. The van der Waals surface area contributed by atoms with E-state index in [1.54, 1.807) is 23.6 Å². The molecule has 3 rings (SSSR count). The summed E-state index contributed by atoms with van der Waals surface area (Å²) in [4.78, 5) is 29.9. The highest BCUT2D eigenvalue weighted by molar-refractivity contribution is 7.09. The second-order valence-electron chi connectivity index (χ2n) is 5.00. The molecule has 0 fully saturated rings. The molecule has 22 heavy (non-hydrogen) atoms. The first-order valence-corrected chi connectivity index (χ1v) is 7.82.